The van der Waals surface area contributed by atoms with E-state index in [9.17, 15) is 9.50 Å². The molecule has 18 heavy (non-hydrogen) atoms. The van der Waals surface area contributed by atoms with Crippen molar-refractivity contribution in [2.75, 3.05) is 0 Å². The van der Waals surface area contributed by atoms with Crippen LogP contribution < -0.4 is 0 Å². The monoisotopic (exact) mass is 248 g/mol. The van der Waals surface area contributed by atoms with Crippen molar-refractivity contribution in [2.45, 2.75) is 26.4 Å². The molecule has 0 saturated carbocycles. The maximum Gasteiger partial charge on any atom is 0.123 e. The van der Waals surface area contributed by atoms with Crippen molar-refractivity contribution in [2.24, 2.45) is 7.05 Å². The zero-order valence-corrected chi connectivity index (χ0v) is 10.8. The summed E-state index contributed by atoms with van der Waals surface area (Å²) in [5.41, 5.74) is 3.53. The van der Waals surface area contributed by atoms with E-state index in [1.165, 1.54) is 12.1 Å². The minimum Gasteiger partial charge on any atom is -0.388 e. The number of aryl methyl sites for hydroxylation is 2. The second-order valence-corrected chi connectivity index (χ2v) is 4.60. The maximum absolute atomic E-state index is 13.2. The van der Waals surface area contributed by atoms with E-state index in [-0.39, 0.29) is 5.82 Å². The Labute approximate surface area is 106 Å². The van der Waals surface area contributed by atoms with E-state index < -0.39 is 6.10 Å². The molecule has 0 aliphatic heterocycles. The third-order valence-electron chi connectivity index (χ3n) is 3.36. The lowest BCUT2D eigenvalue weighted by Gasteiger charge is -2.12. The van der Waals surface area contributed by atoms with Gasteiger partial charge in [0.1, 0.15) is 5.82 Å². The fraction of sp³-hybridized carbons (Fsp3) is 0.357. The highest BCUT2D eigenvalue weighted by atomic mass is 19.1. The molecule has 96 valence electrons. The fourth-order valence-corrected chi connectivity index (χ4v) is 2.02. The molecular formula is C14H17FN2O. The summed E-state index contributed by atoms with van der Waals surface area (Å²) in [6.07, 6.45) is 1.41. The smallest absolute Gasteiger partial charge is 0.123 e. The molecule has 2 aromatic rings. The van der Waals surface area contributed by atoms with E-state index in [2.05, 4.69) is 5.10 Å². The number of benzene rings is 1. The summed E-state index contributed by atoms with van der Waals surface area (Å²) < 4.78 is 14.9. The van der Waals surface area contributed by atoms with Gasteiger partial charge >= 0.3 is 0 Å². The molecule has 1 atom stereocenters. The molecule has 1 aromatic heterocycles. The minimum atomic E-state index is -0.654. The van der Waals surface area contributed by atoms with Crippen LogP contribution in [0.4, 0.5) is 4.39 Å². The molecule has 0 aliphatic carbocycles. The van der Waals surface area contributed by atoms with Crippen LogP contribution in [0.15, 0.2) is 24.4 Å². The molecule has 0 radical (unpaired) electrons. The maximum atomic E-state index is 13.2. The van der Waals surface area contributed by atoms with Crippen molar-refractivity contribution in [3.63, 3.8) is 0 Å². The molecule has 0 amide bonds. The quantitative estimate of drug-likeness (QED) is 0.906. The van der Waals surface area contributed by atoms with Gasteiger partial charge in [-0.05, 0) is 37.1 Å². The molecule has 0 bridgehead atoms. The van der Waals surface area contributed by atoms with E-state index in [1.807, 2.05) is 20.9 Å². The molecule has 3 nitrogen and oxygen atoms in total. The van der Waals surface area contributed by atoms with Crippen LogP contribution in [0.5, 0.6) is 0 Å². The number of hydrogen-bond donors (Lipinski definition) is 1. The summed E-state index contributed by atoms with van der Waals surface area (Å²) in [6.45, 7) is 3.82. The normalized spacial score (nSPS) is 12.7. The van der Waals surface area contributed by atoms with Crippen LogP contribution in [-0.2, 0) is 13.5 Å². The summed E-state index contributed by atoms with van der Waals surface area (Å²) >= 11 is 0. The van der Waals surface area contributed by atoms with Crippen molar-refractivity contribution in [3.05, 3.63) is 52.6 Å². The van der Waals surface area contributed by atoms with Crippen LogP contribution >= 0.6 is 0 Å². The van der Waals surface area contributed by atoms with Gasteiger partial charge in [0.2, 0.25) is 0 Å². The van der Waals surface area contributed by atoms with E-state index in [0.29, 0.717) is 6.42 Å². The van der Waals surface area contributed by atoms with Crippen molar-refractivity contribution < 1.29 is 9.50 Å². The standard InChI is InChI=1S/C14H17FN2O/c1-9-4-5-12(15)6-11(9)7-14(18)13-8-16-17(3)10(13)2/h4-6,8,14,18H,7H2,1-3H3. The molecule has 0 saturated heterocycles. The average Bonchev–Trinajstić information content (AvgIpc) is 2.65. The largest absolute Gasteiger partial charge is 0.388 e. The van der Waals surface area contributed by atoms with Crippen molar-refractivity contribution in [1.29, 1.82) is 0 Å². The van der Waals surface area contributed by atoms with Crippen molar-refractivity contribution >= 4 is 0 Å². The number of aliphatic hydroxyl groups excluding tert-OH is 1. The molecule has 1 aromatic carbocycles. The van der Waals surface area contributed by atoms with Crippen LogP contribution in [0, 0.1) is 19.7 Å². The van der Waals surface area contributed by atoms with Gasteiger partial charge in [0.05, 0.1) is 12.3 Å². The SMILES string of the molecule is Cc1ccc(F)cc1CC(O)c1cnn(C)c1C. The molecule has 2 rings (SSSR count). The highest BCUT2D eigenvalue weighted by molar-refractivity contribution is 5.29. The van der Waals surface area contributed by atoms with E-state index in [4.69, 9.17) is 0 Å². The first kappa shape index (κ1) is 12.8. The highest BCUT2D eigenvalue weighted by Gasteiger charge is 2.15. The molecule has 0 spiro atoms. The predicted octanol–water partition coefficient (Wildman–Crippen LogP) is 2.45. The first-order valence-corrected chi connectivity index (χ1v) is 5.90. The van der Waals surface area contributed by atoms with E-state index in [0.717, 1.165) is 22.4 Å². The Bertz CT molecular complexity index is 563. The highest BCUT2D eigenvalue weighted by Crippen LogP contribution is 2.23. The lowest BCUT2D eigenvalue weighted by atomic mass is 9.98. The summed E-state index contributed by atoms with van der Waals surface area (Å²) in [5, 5.41) is 14.3. The van der Waals surface area contributed by atoms with E-state index in [1.54, 1.807) is 16.9 Å². The van der Waals surface area contributed by atoms with Gasteiger partial charge < -0.3 is 5.11 Å². The molecule has 1 N–H and O–H groups in total. The van der Waals surface area contributed by atoms with Crippen LogP contribution in [0.2, 0.25) is 0 Å². The Morgan fingerprint density at radius 2 is 2.11 bits per heavy atom. The molecule has 1 heterocycles. The van der Waals surface area contributed by atoms with Crippen LogP contribution in [0.25, 0.3) is 0 Å². The predicted molar refractivity (Wildman–Crippen MR) is 67.7 cm³/mol. The fourth-order valence-electron chi connectivity index (χ4n) is 2.02. The van der Waals surface area contributed by atoms with Gasteiger partial charge in [0, 0.05) is 24.7 Å². The number of nitrogens with zero attached hydrogens (tertiary/aromatic N) is 2. The zero-order valence-electron chi connectivity index (χ0n) is 10.8. The Hall–Kier alpha value is -1.68. The van der Waals surface area contributed by atoms with Gasteiger partial charge in [-0.1, -0.05) is 6.07 Å². The summed E-state index contributed by atoms with van der Waals surface area (Å²) in [6, 6.07) is 4.64. The van der Waals surface area contributed by atoms with Crippen LogP contribution in [0.3, 0.4) is 0 Å². The van der Waals surface area contributed by atoms with Gasteiger partial charge in [-0.2, -0.15) is 5.10 Å². The molecule has 0 aliphatic rings. The van der Waals surface area contributed by atoms with Crippen LogP contribution in [-0.4, -0.2) is 14.9 Å². The third-order valence-corrected chi connectivity index (χ3v) is 3.36. The summed E-state index contributed by atoms with van der Waals surface area (Å²) in [5.74, 6) is -0.272. The minimum absolute atomic E-state index is 0.272. The Morgan fingerprint density at radius 1 is 1.39 bits per heavy atom. The molecule has 1 unspecified atom stereocenters. The third kappa shape index (κ3) is 2.43. The van der Waals surface area contributed by atoms with Crippen molar-refractivity contribution in [3.8, 4) is 0 Å². The topological polar surface area (TPSA) is 38.1 Å². The Morgan fingerprint density at radius 3 is 2.72 bits per heavy atom. The van der Waals surface area contributed by atoms with Crippen molar-refractivity contribution in [1.82, 2.24) is 9.78 Å². The molecule has 4 heteroatoms. The lowest BCUT2D eigenvalue weighted by molar-refractivity contribution is 0.177. The Kier molecular flexibility index (Phi) is 3.48. The first-order valence-electron chi connectivity index (χ1n) is 5.90. The number of aliphatic hydroxyl groups is 1. The summed E-state index contributed by atoms with van der Waals surface area (Å²) in [7, 11) is 1.83. The van der Waals surface area contributed by atoms with Crippen LogP contribution in [0.1, 0.15) is 28.5 Å². The lowest BCUT2D eigenvalue weighted by Crippen LogP contribution is -2.05. The first-order chi connectivity index (χ1) is 8.49. The van der Waals surface area contributed by atoms with Gasteiger partial charge in [0.25, 0.3) is 0 Å². The van der Waals surface area contributed by atoms with E-state index >= 15 is 0 Å². The number of halogens is 1. The number of hydrogen-bond acceptors (Lipinski definition) is 2. The average molecular weight is 248 g/mol. The molecule has 0 fully saturated rings. The Balaban J connectivity index is 2.23. The zero-order chi connectivity index (χ0) is 13.3. The number of aromatic nitrogens is 2. The molecular weight excluding hydrogens is 231 g/mol. The summed E-state index contributed by atoms with van der Waals surface area (Å²) in [4.78, 5) is 0. The van der Waals surface area contributed by atoms with Gasteiger partial charge in [0.15, 0.2) is 0 Å². The number of rotatable bonds is 3. The van der Waals surface area contributed by atoms with Gasteiger partial charge in [-0.3, -0.25) is 4.68 Å². The van der Waals surface area contributed by atoms with Gasteiger partial charge in [-0.25, -0.2) is 4.39 Å². The second-order valence-electron chi connectivity index (χ2n) is 4.60. The van der Waals surface area contributed by atoms with Gasteiger partial charge in [-0.15, -0.1) is 0 Å². The second kappa shape index (κ2) is 4.90.